The van der Waals surface area contributed by atoms with Crippen molar-refractivity contribution in [1.29, 1.82) is 5.26 Å². The van der Waals surface area contributed by atoms with Crippen molar-refractivity contribution in [2.24, 2.45) is 10.2 Å². The summed E-state index contributed by atoms with van der Waals surface area (Å²) in [6.45, 7) is 3.89. The summed E-state index contributed by atoms with van der Waals surface area (Å²) >= 11 is 0. The van der Waals surface area contributed by atoms with Gasteiger partial charge in [-0.2, -0.15) is 10.4 Å². The van der Waals surface area contributed by atoms with Gasteiger partial charge in [0.15, 0.2) is 5.69 Å². The van der Waals surface area contributed by atoms with Gasteiger partial charge in [-0.3, -0.25) is 9.36 Å². The number of azo groups is 1. The van der Waals surface area contributed by atoms with E-state index in [4.69, 9.17) is 0 Å². The standard InChI is InChI=1S/C23H22N4O2/c1-3-17-9-11-19(12-10-17)25-26-21-16(2)20(15-24)22(28)27(23(21)29)14-13-18-7-5-4-6-8-18/h4-12,28H,3,13-14H2,1-2H3. The van der Waals surface area contributed by atoms with E-state index in [0.29, 0.717) is 17.7 Å². The molecular weight excluding hydrogens is 364 g/mol. The van der Waals surface area contributed by atoms with Gasteiger partial charge in [0, 0.05) is 12.1 Å². The van der Waals surface area contributed by atoms with Crippen LogP contribution in [0.4, 0.5) is 11.4 Å². The summed E-state index contributed by atoms with van der Waals surface area (Å²) in [5, 5.41) is 28.2. The molecule has 29 heavy (non-hydrogen) atoms. The van der Waals surface area contributed by atoms with E-state index in [2.05, 4.69) is 17.2 Å². The lowest BCUT2D eigenvalue weighted by molar-refractivity contribution is 0.404. The van der Waals surface area contributed by atoms with E-state index in [1.54, 1.807) is 6.92 Å². The third-order valence-corrected chi connectivity index (χ3v) is 4.85. The Kier molecular flexibility index (Phi) is 6.20. The van der Waals surface area contributed by atoms with Crippen LogP contribution in [0.2, 0.25) is 0 Å². The fourth-order valence-corrected chi connectivity index (χ4v) is 3.06. The molecule has 0 aliphatic heterocycles. The number of pyridine rings is 1. The van der Waals surface area contributed by atoms with E-state index in [0.717, 1.165) is 12.0 Å². The third-order valence-electron chi connectivity index (χ3n) is 4.85. The van der Waals surface area contributed by atoms with Crippen molar-refractivity contribution >= 4 is 11.4 Å². The largest absolute Gasteiger partial charge is 0.493 e. The number of aromatic nitrogens is 1. The summed E-state index contributed by atoms with van der Waals surface area (Å²) in [6.07, 6.45) is 1.46. The zero-order chi connectivity index (χ0) is 20.8. The first-order chi connectivity index (χ1) is 14.0. The zero-order valence-corrected chi connectivity index (χ0v) is 16.5. The van der Waals surface area contributed by atoms with Gasteiger partial charge in [-0.25, -0.2) is 0 Å². The number of rotatable bonds is 6. The van der Waals surface area contributed by atoms with Crippen LogP contribution >= 0.6 is 0 Å². The lowest BCUT2D eigenvalue weighted by atomic mass is 10.1. The molecule has 0 atom stereocenters. The van der Waals surface area contributed by atoms with Crippen molar-refractivity contribution < 1.29 is 5.11 Å². The molecule has 0 radical (unpaired) electrons. The third kappa shape index (κ3) is 4.41. The maximum atomic E-state index is 13.0. The van der Waals surface area contributed by atoms with Crippen LogP contribution in [0.15, 0.2) is 69.6 Å². The molecule has 0 bridgehead atoms. The van der Waals surface area contributed by atoms with E-state index < -0.39 is 5.56 Å². The quantitative estimate of drug-likeness (QED) is 0.607. The maximum Gasteiger partial charge on any atom is 0.281 e. The van der Waals surface area contributed by atoms with Crippen molar-refractivity contribution in [3.8, 4) is 11.9 Å². The Morgan fingerprint density at radius 3 is 2.34 bits per heavy atom. The fraction of sp³-hybridized carbons (Fsp3) is 0.217. The molecule has 0 fully saturated rings. The van der Waals surface area contributed by atoms with Crippen LogP contribution in [-0.4, -0.2) is 9.67 Å². The molecule has 0 saturated carbocycles. The van der Waals surface area contributed by atoms with Crippen LogP contribution in [0.1, 0.15) is 29.2 Å². The lowest BCUT2D eigenvalue weighted by Crippen LogP contribution is -2.22. The summed E-state index contributed by atoms with van der Waals surface area (Å²) in [5.74, 6) is -0.336. The van der Waals surface area contributed by atoms with E-state index in [1.807, 2.05) is 60.7 Å². The Morgan fingerprint density at radius 1 is 1.03 bits per heavy atom. The van der Waals surface area contributed by atoms with E-state index in [1.165, 1.54) is 10.1 Å². The number of aromatic hydroxyl groups is 1. The fourth-order valence-electron chi connectivity index (χ4n) is 3.06. The molecule has 2 aromatic carbocycles. The van der Waals surface area contributed by atoms with Gasteiger partial charge < -0.3 is 5.11 Å². The smallest absolute Gasteiger partial charge is 0.281 e. The van der Waals surface area contributed by atoms with Gasteiger partial charge in [0.1, 0.15) is 11.6 Å². The number of nitrogens with zero attached hydrogens (tertiary/aromatic N) is 4. The molecule has 3 rings (SSSR count). The van der Waals surface area contributed by atoms with Gasteiger partial charge in [0.2, 0.25) is 5.88 Å². The maximum absolute atomic E-state index is 13.0. The monoisotopic (exact) mass is 386 g/mol. The summed E-state index contributed by atoms with van der Waals surface area (Å²) in [4.78, 5) is 13.0. The van der Waals surface area contributed by atoms with Crippen molar-refractivity contribution in [3.05, 3.63) is 87.2 Å². The number of hydrogen-bond donors (Lipinski definition) is 1. The first-order valence-corrected chi connectivity index (χ1v) is 9.46. The molecule has 0 aliphatic carbocycles. The highest BCUT2D eigenvalue weighted by Gasteiger charge is 2.19. The molecule has 1 N–H and O–H groups in total. The number of nitriles is 1. The zero-order valence-electron chi connectivity index (χ0n) is 16.5. The number of hydrogen-bond acceptors (Lipinski definition) is 5. The molecule has 3 aromatic rings. The van der Waals surface area contributed by atoms with Gasteiger partial charge in [0.05, 0.1) is 5.69 Å². The second kappa shape index (κ2) is 8.98. The first kappa shape index (κ1) is 20.0. The summed E-state index contributed by atoms with van der Waals surface area (Å²) < 4.78 is 1.19. The molecule has 1 aromatic heterocycles. The minimum Gasteiger partial charge on any atom is -0.493 e. The lowest BCUT2D eigenvalue weighted by Gasteiger charge is -2.13. The Labute approximate surface area is 169 Å². The number of benzene rings is 2. The second-order valence-electron chi connectivity index (χ2n) is 6.70. The van der Waals surface area contributed by atoms with Crippen LogP contribution in [0, 0.1) is 18.3 Å². The van der Waals surface area contributed by atoms with Crippen molar-refractivity contribution in [2.45, 2.75) is 33.2 Å². The molecule has 0 amide bonds. The van der Waals surface area contributed by atoms with Crippen LogP contribution in [0.25, 0.3) is 0 Å². The molecule has 0 unspecified atom stereocenters. The van der Waals surface area contributed by atoms with Crippen molar-refractivity contribution in [1.82, 2.24) is 4.57 Å². The highest BCUT2D eigenvalue weighted by molar-refractivity contribution is 5.56. The minimum absolute atomic E-state index is 0.0351. The molecule has 0 spiro atoms. The van der Waals surface area contributed by atoms with Gasteiger partial charge in [0.25, 0.3) is 5.56 Å². The molecule has 146 valence electrons. The minimum atomic E-state index is -0.469. The number of aryl methyl sites for hydroxylation is 2. The highest BCUT2D eigenvalue weighted by atomic mass is 16.3. The molecule has 6 heteroatoms. The summed E-state index contributed by atoms with van der Waals surface area (Å²) in [5.41, 5.74) is 2.77. The Bertz CT molecular complexity index is 1120. The average molecular weight is 386 g/mol. The Balaban J connectivity index is 1.98. The Morgan fingerprint density at radius 2 is 1.72 bits per heavy atom. The van der Waals surface area contributed by atoms with Crippen LogP contribution in [0.5, 0.6) is 5.88 Å². The van der Waals surface area contributed by atoms with Crippen molar-refractivity contribution in [2.75, 3.05) is 0 Å². The second-order valence-corrected chi connectivity index (χ2v) is 6.70. The van der Waals surface area contributed by atoms with E-state index in [-0.39, 0.29) is 23.7 Å². The summed E-state index contributed by atoms with van der Waals surface area (Å²) in [7, 11) is 0. The normalized spacial score (nSPS) is 10.9. The van der Waals surface area contributed by atoms with Crippen LogP contribution in [0.3, 0.4) is 0 Å². The molecule has 6 nitrogen and oxygen atoms in total. The molecular formula is C23H22N4O2. The SMILES string of the molecule is CCc1ccc(N=Nc2c(C)c(C#N)c(O)n(CCc3ccccc3)c2=O)cc1. The average Bonchev–Trinajstić information content (AvgIpc) is 2.75. The van der Waals surface area contributed by atoms with Crippen LogP contribution in [-0.2, 0) is 19.4 Å². The van der Waals surface area contributed by atoms with Gasteiger partial charge >= 0.3 is 0 Å². The molecule has 0 saturated heterocycles. The first-order valence-electron chi connectivity index (χ1n) is 9.46. The van der Waals surface area contributed by atoms with Gasteiger partial charge in [-0.05, 0) is 43.0 Å². The van der Waals surface area contributed by atoms with Gasteiger partial charge in [-0.15, -0.1) is 5.11 Å². The Hall–Kier alpha value is -3.72. The predicted octanol–water partition coefficient (Wildman–Crippen LogP) is 4.95. The highest BCUT2D eigenvalue weighted by Crippen LogP contribution is 2.27. The molecule has 0 aliphatic rings. The van der Waals surface area contributed by atoms with Crippen molar-refractivity contribution in [3.63, 3.8) is 0 Å². The summed E-state index contributed by atoms with van der Waals surface area (Å²) in [6, 6.07) is 19.2. The van der Waals surface area contributed by atoms with Gasteiger partial charge in [-0.1, -0.05) is 49.4 Å². The predicted molar refractivity (Wildman–Crippen MR) is 112 cm³/mol. The van der Waals surface area contributed by atoms with Crippen LogP contribution < -0.4 is 5.56 Å². The topological polar surface area (TPSA) is 90.7 Å². The van der Waals surface area contributed by atoms with E-state index >= 15 is 0 Å². The molecule has 1 heterocycles. The van der Waals surface area contributed by atoms with E-state index in [9.17, 15) is 15.2 Å².